The molecule has 1 aliphatic heterocycles. The summed E-state index contributed by atoms with van der Waals surface area (Å²) < 4.78 is 11.0. The SMILES string of the molecule is CCOc1ccc(N2CC(c3nc(-c4ccc(C)cc4C)no3)CC2=O)cc1. The predicted octanol–water partition coefficient (Wildman–Crippen LogP) is 4.27. The van der Waals surface area contributed by atoms with Gasteiger partial charge in [-0.05, 0) is 50.6 Å². The zero-order valence-electron chi connectivity index (χ0n) is 16.3. The van der Waals surface area contributed by atoms with Gasteiger partial charge in [-0.25, -0.2) is 0 Å². The van der Waals surface area contributed by atoms with E-state index in [2.05, 4.69) is 23.1 Å². The first-order valence-electron chi connectivity index (χ1n) is 9.49. The summed E-state index contributed by atoms with van der Waals surface area (Å²) in [6.45, 7) is 7.17. The minimum atomic E-state index is -0.105. The maximum atomic E-state index is 12.5. The van der Waals surface area contributed by atoms with Crippen LogP contribution in [0.1, 0.15) is 36.3 Å². The number of hydrogen-bond donors (Lipinski definition) is 0. The summed E-state index contributed by atoms with van der Waals surface area (Å²) in [6, 6.07) is 13.7. The van der Waals surface area contributed by atoms with Crippen molar-refractivity contribution in [3.63, 3.8) is 0 Å². The lowest BCUT2D eigenvalue weighted by Crippen LogP contribution is -2.24. The van der Waals surface area contributed by atoms with E-state index >= 15 is 0 Å². The van der Waals surface area contributed by atoms with Crippen LogP contribution >= 0.6 is 0 Å². The van der Waals surface area contributed by atoms with E-state index in [1.54, 1.807) is 4.90 Å². The minimum absolute atomic E-state index is 0.0560. The molecular formula is C22H23N3O3. The van der Waals surface area contributed by atoms with Crippen LogP contribution < -0.4 is 9.64 Å². The van der Waals surface area contributed by atoms with Gasteiger partial charge in [-0.1, -0.05) is 28.9 Å². The second-order valence-corrected chi connectivity index (χ2v) is 7.11. The second kappa shape index (κ2) is 7.46. The van der Waals surface area contributed by atoms with Crippen molar-refractivity contribution in [2.24, 2.45) is 0 Å². The molecule has 144 valence electrons. The van der Waals surface area contributed by atoms with Crippen LogP contribution in [0.5, 0.6) is 5.75 Å². The molecule has 0 radical (unpaired) electrons. The van der Waals surface area contributed by atoms with E-state index in [-0.39, 0.29) is 11.8 Å². The van der Waals surface area contributed by atoms with Gasteiger partial charge in [0.1, 0.15) is 5.75 Å². The normalized spacial score (nSPS) is 16.6. The van der Waals surface area contributed by atoms with Crippen molar-refractivity contribution in [1.29, 1.82) is 0 Å². The van der Waals surface area contributed by atoms with Crippen molar-refractivity contribution in [1.82, 2.24) is 10.1 Å². The van der Waals surface area contributed by atoms with Gasteiger partial charge in [-0.15, -0.1) is 0 Å². The van der Waals surface area contributed by atoms with Gasteiger partial charge in [0.2, 0.25) is 17.6 Å². The van der Waals surface area contributed by atoms with Gasteiger partial charge in [0.25, 0.3) is 0 Å². The van der Waals surface area contributed by atoms with Crippen LogP contribution in [0.15, 0.2) is 47.0 Å². The average molecular weight is 377 g/mol. The molecule has 2 heterocycles. The lowest BCUT2D eigenvalue weighted by Gasteiger charge is -2.16. The molecule has 6 nitrogen and oxygen atoms in total. The van der Waals surface area contributed by atoms with Crippen molar-refractivity contribution < 1.29 is 14.1 Å². The monoisotopic (exact) mass is 377 g/mol. The van der Waals surface area contributed by atoms with Crippen LogP contribution in [0.25, 0.3) is 11.4 Å². The zero-order chi connectivity index (χ0) is 19.7. The molecule has 1 amide bonds. The fourth-order valence-corrected chi connectivity index (χ4v) is 3.59. The van der Waals surface area contributed by atoms with Crippen molar-refractivity contribution >= 4 is 11.6 Å². The Hall–Kier alpha value is -3.15. The zero-order valence-corrected chi connectivity index (χ0v) is 16.3. The molecule has 1 unspecified atom stereocenters. The smallest absolute Gasteiger partial charge is 0.232 e. The van der Waals surface area contributed by atoms with Crippen LogP contribution in [-0.2, 0) is 4.79 Å². The van der Waals surface area contributed by atoms with E-state index in [0.717, 1.165) is 22.6 Å². The Morgan fingerprint density at radius 1 is 1.18 bits per heavy atom. The number of hydrogen-bond acceptors (Lipinski definition) is 5. The fourth-order valence-electron chi connectivity index (χ4n) is 3.59. The molecule has 2 aromatic carbocycles. The summed E-state index contributed by atoms with van der Waals surface area (Å²) in [4.78, 5) is 18.9. The Morgan fingerprint density at radius 2 is 1.96 bits per heavy atom. The van der Waals surface area contributed by atoms with E-state index in [9.17, 15) is 4.79 Å². The number of carbonyl (C=O) groups excluding carboxylic acids is 1. The number of carbonyl (C=O) groups is 1. The molecule has 28 heavy (non-hydrogen) atoms. The standard InChI is InChI=1S/C22H23N3O3/c1-4-27-18-8-6-17(7-9-18)25-13-16(12-20(25)26)22-23-21(24-28-22)19-10-5-14(2)11-15(19)3/h5-11,16H,4,12-13H2,1-3H3. The molecule has 3 aromatic rings. The summed E-state index contributed by atoms with van der Waals surface area (Å²) >= 11 is 0. The van der Waals surface area contributed by atoms with Crippen molar-refractivity contribution in [2.75, 3.05) is 18.1 Å². The third-order valence-corrected chi connectivity index (χ3v) is 5.00. The Labute approximate surface area is 164 Å². The van der Waals surface area contributed by atoms with E-state index in [1.165, 1.54) is 5.56 Å². The van der Waals surface area contributed by atoms with Gasteiger partial charge in [0, 0.05) is 24.2 Å². The highest BCUT2D eigenvalue weighted by atomic mass is 16.5. The highest BCUT2D eigenvalue weighted by molar-refractivity contribution is 5.96. The molecule has 6 heteroatoms. The molecule has 0 N–H and O–H groups in total. The molecule has 1 fully saturated rings. The molecule has 1 aliphatic rings. The summed E-state index contributed by atoms with van der Waals surface area (Å²) in [6.07, 6.45) is 0.363. The van der Waals surface area contributed by atoms with Crippen molar-refractivity contribution in [2.45, 2.75) is 33.1 Å². The van der Waals surface area contributed by atoms with Gasteiger partial charge in [-0.2, -0.15) is 4.98 Å². The molecule has 1 saturated heterocycles. The van der Waals surface area contributed by atoms with E-state index in [4.69, 9.17) is 9.26 Å². The van der Waals surface area contributed by atoms with Crippen molar-refractivity contribution in [3.8, 4) is 17.1 Å². The number of aryl methyl sites for hydroxylation is 2. The molecule has 0 aliphatic carbocycles. The predicted molar refractivity (Wildman–Crippen MR) is 107 cm³/mol. The van der Waals surface area contributed by atoms with E-state index in [0.29, 0.717) is 31.3 Å². The highest BCUT2D eigenvalue weighted by Gasteiger charge is 2.35. The largest absolute Gasteiger partial charge is 0.494 e. The molecule has 1 atom stereocenters. The minimum Gasteiger partial charge on any atom is -0.494 e. The third-order valence-electron chi connectivity index (χ3n) is 5.00. The first-order valence-corrected chi connectivity index (χ1v) is 9.49. The van der Waals surface area contributed by atoms with Gasteiger partial charge in [0.05, 0.1) is 12.5 Å². The summed E-state index contributed by atoms with van der Waals surface area (Å²) in [5.74, 6) is 1.83. The van der Waals surface area contributed by atoms with Gasteiger partial charge >= 0.3 is 0 Å². The third kappa shape index (κ3) is 3.50. The summed E-state index contributed by atoms with van der Waals surface area (Å²) in [7, 11) is 0. The number of rotatable bonds is 5. The maximum absolute atomic E-state index is 12.5. The van der Waals surface area contributed by atoms with Gasteiger partial charge in [-0.3, -0.25) is 4.79 Å². The molecule has 4 rings (SSSR count). The maximum Gasteiger partial charge on any atom is 0.232 e. The number of ether oxygens (including phenoxy) is 1. The van der Waals surface area contributed by atoms with Crippen LogP contribution in [-0.4, -0.2) is 29.2 Å². The number of aromatic nitrogens is 2. The Bertz CT molecular complexity index is 995. The van der Waals surface area contributed by atoms with Crippen LogP contribution in [0, 0.1) is 13.8 Å². The van der Waals surface area contributed by atoms with Crippen LogP contribution in [0.2, 0.25) is 0 Å². The van der Waals surface area contributed by atoms with Crippen molar-refractivity contribution in [3.05, 3.63) is 59.5 Å². The van der Waals surface area contributed by atoms with Crippen LogP contribution in [0.3, 0.4) is 0 Å². The molecule has 0 saturated carbocycles. The summed E-state index contributed by atoms with van der Waals surface area (Å²) in [5.41, 5.74) is 4.10. The molecular weight excluding hydrogens is 354 g/mol. The average Bonchev–Trinajstić information content (AvgIpc) is 3.30. The number of anilines is 1. The molecule has 1 aromatic heterocycles. The number of amides is 1. The van der Waals surface area contributed by atoms with Gasteiger partial charge < -0.3 is 14.2 Å². The first kappa shape index (κ1) is 18.2. The van der Waals surface area contributed by atoms with Gasteiger partial charge in [0.15, 0.2) is 0 Å². The fraction of sp³-hybridized carbons (Fsp3) is 0.318. The van der Waals surface area contributed by atoms with E-state index < -0.39 is 0 Å². The first-order chi connectivity index (χ1) is 13.5. The Balaban J connectivity index is 1.52. The Kier molecular flexibility index (Phi) is 4.86. The lowest BCUT2D eigenvalue weighted by atomic mass is 10.1. The number of benzene rings is 2. The second-order valence-electron chi connectivity index (χ2n) is 7.11. The highest BCUT2D eigenvalue weighted by Crippen LogP contribution is 2.33. The topological polar surface area (TPSA) is 68.5 Å². The lowest BCUT2D eigenvalue weighted by molar-refractivity contribution is -0.117. The van der Waals surface area contributed by atoms with Crippen LogP contribution in [0.4, 0.5) is 5.69 Å². The Morgan fingerprint density at radius 3 is 2.68 bits per heavy atom. The molecule has 0 bridgehead atoms. The number of nitrogens with zero attached hydrogens (tertiary/aromatic N) is 3. The van der Waals surface area contributed by atoms with E-state index in [1.807, 2.05) is 50.2 Å². The molecule has 0 spiro atoms. The summed E-state index contributed by atoms with van der Waals surface area (Å²) in [5, 5.41) is 4.14. The quantitative estimate of drug-likeness (QED) is 0.664.